The van der Waals surface area contributed by atoms with Gasteiger partial charge in [-0.1, -0.05) is 17.3 Å². The number of aryl methyl sites for hydroxylation is 2. The monoisotopic (exact) mass is 233 g/mol. The summed E-state index contributed by atoms with van der Waals surface area (Å²) in [5.74, 6) is 1.85. The molecule has 0 bridgehead atoms. The maximum Gasteiger partial charge on any atom is 0.223 e. The number of ether oxygens (including phenoxy) is 1. The molecular formula is C12H15N3O2. The van der Waals surface area contributed by atoms with E-state index in [9.17, 15) is 0 Å². The van der Waals surface area contributed by atoms with Gasteiger partial charge in [-0.25, -0.2) is 0 Å². The lowest BCUT2D eigenvalue weighted by atomic mass is 10.0. The Morgan fingerprint density at radius 2 is 2.12 bits per heavy atom. The fourth-order valence-corrected chi connectivity index (χ4v) is 1.69. The Morgan fingerprint density at radius 1 is 1.35 bits per heavy atom. The standard InChI is InChI=1S/C12H15N3O2/c1-7-6-9(4-5-10(7)16-3)11(13)12-14-8(2)17-15-12/h4-6,11H,13H2,1-3H3. The molecule has 0 aliphatic rings. The third-order valence-electron chi connectivity index (χ3n) is 2.60. The first-order chi connectivity index (χ1) is 8.11. The second-order valence-electron chi connectivity index (χ2n) is 3.88. The van der Waals surface area contributed by atoms with Gasteiger partial charge >= 0.3 is 0 Å². The molecule has 0 saturated carbocycles. The van der Waals surface area contributed by atoms with E-state index in [4.69, 9.17) is 15.0 Å². The average molecular weight is 233 g/mol. The summed E-state index contributed by atoms with van der Waals surface area (Å²) >= 11 is 0. The van der Waals surface area contributed by atoms with Gasteiger partial charge in [0.2, 0.25) is 5.89 Å². The lowest BCUT2D eigenvalue weighted by Gasteiger charge is -2.10. The van der Waals surface area contributed by atoms with Crippen LogP contribution in [-0.2, 0) is 0 Å². The quantitative estimate of drug-likeness (QED) is 0.874. The van der Waals surface area contributed by atoms with E-state index in [1.54, 1.807) is 14.0 Å². The van der Waals surface area contributed by atoms with Crippen molar-refractivity contribution in [3.8, 4) is 5.75 Å². The average Bonchev–Trinajstić information content (AvgIpc) is 2.75. The molecule has 2 rings (SSSR count). The van der Waals surface area contributed by atoms with Crippen LogP contribution in [0.5, 0.6) is 5.75 Å². The summed E-state index contributed by atoms with van der Waals surface area (Å²) in [6.45, 7) is 3.71. The Kier molecular flexibility index (Phi) is 3.10. The number of methoxy groups -OCH3 is 1. The van der Waals surface area contributed by atoms with Crippen molar-refractivity contribution < 1.29 is 9.26 Å². The van der Waals surface area contributed by atoms with Crippen LogP contribution in [0.25, 0.3) is 0 Å². The van der Waals surface area contributed by atoms with E-state index in [2.05, 4.69) is 10.1 Å². The van der Waals surface area contributed by atoms with Crippen molar-refractivity contribution in [1.29, 1.82) is 0 Å². The van der Waals surface area contributed by atoms with Crippen LogP contribution in [0.2, 0.25) is 0 Å². The molecular weight excluding hydrogens is 218 g/mol. The minimum atomic E-state index is -0.378. The lowest BCUT2D eigenvalue weighted by Crippen LogP contribution is -2.13. The molecule has 5 heteroatoms. The Labute approximate surface area is 99.6 Å². The van der Waals surface area contributed by atoms with Gasteiger partial charge < -0.3 is 15.0 Å². The van der Waals surface area contributed by atoms with E-state index in [1.165, 1.54) is 0 Å². The molecule has 5 nitrogen and oxygen atoms in total. The Morgan fingerprint density at radius 3 is 2.65 bits per heavy atom. The molecule has 1 aromatic heterocycles. The molecule has 1 atom stereocenters. The van der Waals surface area contributed by atoms with Gasteiger partial charge in [0, 0.05) is 6.92 Å². The van der Waals surface area contributed by atoms with Crippen molar-refractivity contribution in [3.05, 3.63) is 41.0 Å². The molecule has 0 aliphatic carbocycles. The fourth-order valence-electron chi connectivity index (χ4n) is 1.69. The maximum absolute atomic E-state index is 6.06. The molecule has 1 unspecified atom stereocenters. The summed E-state index contributed by atoms with van der Waals surface area (Å²) in [7, 11) is 1.64. The zero-order valence-corrected chi connectivity index (χ0v) is 10.1. The zero-order valence-electron chi connectivity index (χ0n) is 10.1. The van der Waals surface area contributed by atoms with Crippen LogP contribution in [0.4, 0.5) is 0 Å². The van der Waals surface area contributed by atoms with E-state index in [0.717, 1.165) is 16.9 Å². The van der Waals surface area contributed by atoms with Gasteiger partial charge in [0.05, 0.1) is 13.2 Å². The summed E-state index contributed by atoms with van der Waals surface area (Å²) in [6, 6.07) is 5.38. The molecule has 0 spiro atoms. The van der Waals surface area contributed by atoms with Crippen LogP contribution in [0.1, 0.15) is 28.9 Å². The van der Waals surface area contributed by atoms with Crippen molar-refractivity contribution >= 4 is 0 Å². The van der Waals surface area contributed by atoms with Crippen LogP contribution in [0.3, 0.4) is 0 Å². The van der Waals surface area contributed by atoms with E-state index in [1.807, 2.05) is 25.1 Å². The first-order valence-corrected chi connectivity index (χ1v) is 5.32. The van der Waals surface area contributed by atoms with Crippen LogP contribution < -0.4 is 10.5 Å². The Balaban J connectivity index is 2.31. The topological polar surface area (TPSA) is 74.2 Å². The molecule has 0 saturated heterocycles. The van der Waals surface area contributed by atoms with E-state index in [-0.39, 0.29) is 6.04 Å². The predicted molar refractivity (Wildman–Crippen MR) is 62.8 cm³/mol. The lowest BCUT2D eigenvalue weighted by molar-refractivity contribution is 0.385. The highest BCUT2D eigenvalue weighted by atomic mass is 16.5. The number of hydrogen-bond donors (Lipinski definition) is 1. The molecule has 17 heavy (non-hydrogen) atoms. The summed E-state index contributed by atoms with van der Waals surface area (Å²) in [5, 5.41) is 3.82. The zero-order chi connectivity index (χ0) is 12.4. The van der Waals surface area contributed by atoms with Gasteiger partial charge in [0.1, 0.15) is 5.75 Å². The SMILES string of the molecule is COc1ccc(C(N)c2noc(C)n2)cc1C. The van der Waals surface area contributed by atoms with Gasteiger partial charge in [-0.3, -0.25) is 0 Å². The van der Waals surface area contributed by atoms with Crippen LogP contribution in [0, 0.1) is 13.8 Å². The molecule has 0 fully saturated rings. The second kappa shape index (κ2) is 4.55. The smallest absolute Gasteiger partial charge is 0.223 e. The normalized spacial score (nSPS) is 12.5. The summed E-state index contributed by atoms with van der Waals surface area (Å²) in [6.07, 6.45) is 0. The van der Waals surface area contributed by atoms with Crippen molar-refractivity contribution in [1.82, 2.24) is 10.1 Å². The van der Waals surface area contributed by atoms with Crippen LogP contribution >= 0.6 is 0 Å². The molecule has 90 valence electrons. The number of benzene rings is 1. The van der Waals surface area contributed by atoms with Crippen molar-refractivity contribution in [2.75, 3.05) is 7.11 Å². The molecule has 1 aromatic carbocycles. The van der Waals surface area contributed by atoms with E-state index in [0.29, 0.717) is 11.7 Å². The van der Waals surface area contributed by atoms with Crippen molar-refractivity contribution in [2.45, 2.75) is 19.9 Å². The minimum Gasteiger partial charge on any atom is -0.496 e. The fraction of sp³-hybridized carbons (Fsp3) is 0.333. The van der Waals surface area contributed by atoms with Gasteiger partial charge in [0.15, 0.2) is 5.82 Å². The van der Waals surface area contributed by atoms with Gasteiger partial charge in [-0.15, -0.1) is 0 Å². The molecule has 0 amide bonds. The predicted octanol–water partition coefficient (Wildman–Crippen LogP) is 1.74. The highest BCUT2D eigenvalue weighted by Gasteiger charge is 2.15. The van der Waals surface area contributed by atoms with Crippen LogP contribution in [0.15, 0.2) is 22.7 Å². The summed E-state index contributed by atoms with van der Waals surface area (Å²) in [4.78, 5) is 4.13. The van der Waals surface area contributed by atoms with Gasteiger partial charge in [-0.05, 0) is 24.1 Å². The second-order valence-corrected chi connectivity index (χ2v) is 3.88. The molecule has 0 radical (unpaired) electrons. The van der Waals surface area contributed by atoms with Crippen molar-refractivity contribution in [3.63, 3.8) is 0 Å². The highest BCUT2D eigenvalue weighted by Crippen LogP contribution is 2.23. The summed E-state index contributed by atoms with van der Waals surface area (Å²) < 4.78 is 10.1. The first kappa shape index (κ1) is 11.6. The van der Waals surface area contributed by atoms with Crippen molar-refractivity contribution in [2.24, 2.45) is 5.73 Å². The number of nitrogens with two attached hydrogens (primary N) is 1. The number of hydrogen-bond acceptors (Lipinski definition) is 5. The highest BCUT2D eigenvalue weighted by molar-refractivity contribution is 5.38. The van der Waals surface area contributed by atoms with Gasteiger partial charge in [0.25, 0.3) is 0 Å². The Bertz CT molecular complexity index is 522. The summed E-state index contributed by atoms with van der Waals surface area (Å²) in [5.41, 5.74) is 8.03. The Hall–Kier alpha value is -1.88. The number of aromatic nitrogens is 2. The van der Waals surface area contributed by atoms with E-state index >= 15 is 0 Å². The molecule has 0 aliphatic heterocycles. The van der Waals surface area contributed by atoms with Crippen LogP contribution in [-0.4, -0.2) is 17.3 Å². The number of nitrogens with zero attached hydrogens (tertiary/aromatic N) is 2. The maximum atomic E-state index is 6.06. The minimum absolute atomic E-state index is 0.378. The molecule has 1 heterocycles. The molecule has 2 aromatic rings. The van der Waals surface area contributed by atoms with E-state index < -0.39 is 0 Å². The molecule has 2 N–H and O–H groups in total. The van der Waals surface area contributed by atoms with Gasteiger partial charge in [-0.2, -0.15) is 4.98 Å². The third kappa shape index (κ3) is 2.29. The first-order valence-electron chi connectivity index (χ1n) is 5.32. The number of rotatable bonds is 3. The largest absolute Gasteiger partial charge is 0.496 e. The third-order valence-corrected chi connectivity index (χ3v) is 2.60.